The van der Waals surface area contributed by atoms with Gasteiger partial charge in [-0.3, -0.25) is 14.3 Å². The van der Waals surface area contributed by atoms with Gasteiger partial charge >= 0.3 is 0 Å². The third-order valence-electron chi connectivity index (χ3n) is 3.99. The largest absolute Gasteiger partial charge is 0.342 e. The van der Waals surface area contributed by atoms with Gasteiger partial charge in [0.15, 0.2) is 0 Å². The fourth-order valence-corrected chi connectivity index (χ4v) is 3.98. The van der Waals surface area contributed by atoms with Gasteiger partial charge in [-0.2, -0.15) is 0 Å². The summed E-state index contributed by atoms with van der Waals surface area (Å²) in [6.07, 6.45) is 0.765. The molecule has 132 valence electrons. The molecule has 1 fully saturated rings. The molecule has 2 rings (SSSR count). The molecule has 1 aliphatic heterocycles. The van der Waals surface area contributed by atoms with Gasteiger partial charge in [-0.05, 0) is 19.1 Å². The average Bonchev–Trinajstić information content (AvgIpc) is 2.55. The maximum Gasteiger partial charge on any atom is 0.233 e. The molecule has 8 heteroatoms. The Balaban J connectivity index is 1.92. The van der Waals surface area contributed by atoms with E-state index in [1.54, 1.807) is 28.9 Å². The molecule has 1 aromatic carbocycles. The van der Waals surface area contributed by atoms with Crippen LogP contribution in [0.5, 0.6) is 0 Å². The zero-order valence-corrected chi connectivity index (χ0v) is 14.8. The third kappa shape index (κ3) is 4.95. The molecule has 1 unspecified atom stereocenters. The van der Waals surface area contributed by atoms with Gasteiger partial charge in [-0.15, -0.1) is 0 Å². The first kappa shape index (κ1) is 18.3. The van der Waals surface area contributed by atoms with E-state index in [0.717, 1.165) is 12.0 Å². The van der Waals surface area contributed by atoms with Crippen LogP contribution in [0, 0.1) is 12.8 Å². The highest BCUT2D eigenvalue weighted by Gasteiger charge is 2.28. The van der Waals surface area contributed by atoms with Gasteiger partial charge in [0.25, 0.3) is 0 Å². The Morgan fingerprint density at radius 3 is 2.33 bits per heavy atom. The predicted molar refractivity (Wildman–Crippen MR) is 92.0 cm³/mol. The Morgan fingerprint density at radius 1 is 1.21 bits per heavy atom. The van der Waals surface area contributed by atoms with Crippen molar-refractivity contribution in [2.75, 3.05) is 36.7 Å². The predicted octanol–water partition coefficient (Wildman–Crippen LogP) is 0.673. The van der Waals surface area contributed by atoms with Crippen molar-refractivity contribution in [1.82, 2.24) is 9.80 Å². The minimum atomic E-state index is -3.61. The molecule has 1 N–H and O–H groups in total. The summed E-state index contributed by atoms with van der Waals surface area (Å²) in [4.78, 5) is 26.3. The van der Waals surface area contributed by atoms with E-state index in [4.69, 9.17) is 0 Å². The first-order valence-electron chi connectivity index (χ1n) is 7.86. The van der Waals surface area contributed by atoms with Crippen molar-refractivity contribution < 1.29 is 18.0 Å². The number of rotatable bonds is 6. The SMILES string of the molecule is Cc1ccc(NS(=O)(=O)CC(C)C(=O)N2CCN(C=O)CC2)cc1. The summed E-state index contributed by atoms with van der Waals surface area (Å²) < 4.78 is 27.0. The number of sulfonamides is 1. The second-order valence-corrected chi connectivity index (χ2v) is 7.88. The number of anilines is 1. The molecule has 0 aromatic heterocycles. The van der Waals surface area contributed by atoms with Crippen molar-refractivity contribution in [3.8, 4) is 0 Å². The van der Waals surface area contributed by atoms with Crippen LogP contribution in [0.25, 0.3) is 0 Å². The lowest BCUT2D eigenvalue weighted by Gasteiger charge is -2.34. The minimum Gasteiger partial charge on any atom is -0.342 e. The number of amides is 2. The molecule has 1 aromatic rings. The number of piperazine rings is 1. The summed E-state index contributed by atoms with van der Waals surface area (Å²) in [5, 5.41) is 0. The van der Waals surface area contributed by atoms with Gasteiger partial charge in [0.05, 0.1) is 11.7 Å². The van der Waals surface area contributed by atoms with Crippen LogP contribution in [-0.2, 0) is 19.6 Å². The third-order valence-corrected chi connectivity index (χ3v) is 5.48. The van der Waals surface area contributed by atoms with Crippen LogP contribution in [-0.4, -0.2) is 62.5 Å². The molecule has 24 heavy (non-hydrogen) atoms. The molecule has 0 radical (unpaired) electrons. The monoisotopic (exact) mass is 353 g/mol. The quantitative estimate of drug-likeness (QED) is 0.762. The van der Waals surface area contributed by atoms with E-state index in [1.807, 2.05) is 19.1 Å². The van der Waals surface area contributed by atoms with Crippen molar-refractivity contribution in [2.45, 2.75) is 13.8 Å². The number of carbonyl (C=O) groups excluding carboxylic acids is 2. The number of aryl methyl sites for hydroxylation is 1. The molecule has 0 spiro atoms. The second-order valence-electron chi connectivity index (χ2n) is 6.12. The van der Waals surface area contributed by atoms with Gasteiger partial charge in [0.1, 0.15) is 0 Å². The van der Waals surface area contributed by atoms with Gasteiger partial charge in [0, 0.05) is 31.9 Å². The van der Waals surface area contributed by atoms with E-state index >= 15 is 0 Å². The van der Waals surface area contributed by atoms with E-state index in [1.165, 1.54) is 0 Å². The summed E-state index contributed by atoms with van der Waals surface area (Å²) in [6, 6.07) is 7.02. The minimum absolute atomic E-state index is 0.199. The second kappa shape index (κ2) is 7.65. The van der Waals surface area contributed by atoms with Crippen LogP contribution in [0.1, 0.15) is 12.5 Å². The van der Waals surface area contributed by atoms with Crippen molar-refractivity contribution in [2.24, 2.45) is 5.92 Å². The fourth-order valence-electron chi connectivity index (χ4n) is 2.60. The highest BCUT2D eigenvalue weighted by molar-refractivity contribution is 7.92. The van der Waals surface area contributed by atoms with Crippen LogP contribution in [0.3, 0.4) is 0 Å². The molecule has 1 heterocycles. The van der Waals surface area contributed by atoms with Crippen LogP contribution < -0.4 is 4.72 Å². The summed E-state index contributed by atoms with van der Waals surface area (Å²) in [6.45, 7) is 5.37. The Bertz CT molecular complexity index is 680. The smallest absolute Gasteiger partial charge is 0.233 e. The lowest BCUT2D eigenvalue weighted by atomic mass is 10.1. The normalized spacial score (nSPS) is 16.6. The molecule has 1 atom stereocenters. The van der Waals surface area contributed by atoms with Crippen molar-refractivity contribution in [3.05, 3.63) is 29.8 Å². The first-order valence-corrected chi connectivity index (χ1v) is 9.51. The molecule has 7 nitrogen and oxygen atoms in total. The topological polar surface area (TPSA) is 86.8 Å². The van der Waals surface area contributed by atoms with E-state index in [0.29, 0.717) is 31.9 Å². The summed E-state index contributed by atoms with van der Waals surface area (Å²) in [7, 11) is -3.61. The number of benzene rings is 1. The standard InChI is InChI=1S/C16H23N3O4S/c1-13-3-5-15(6-4-13)17-24(22,23)11-14(2)16(21)19-9-7-18(12-20)8-10-19/h3-6,12,14,17H,7-11H2,1-2H3. The van der Waals surface area contributed by atoms with Crippen molar-refractivity contribution >= 4 is 28.0 Å². The zero-order chi connectivity index (χ0) is 17.7. The molecule has 1 saturated heterocycles. The van der Waals surface area contributed by atoms with E-state index in [9.17, 15) is 18.0 Å². The summed E-state index contributed by atoms with van der Waals surface area (Å²) >= 11 is 0. The number of carbonyl (C=O) groups is 2. The summed E-state index contributed by atoms with van der Waals surface area (Å²) in [5.74, 6) is -1.11. The summed E-state index contributed by atoms with van der Waals surface area (Å²) in [5.41, 5.74) is 1.52. The number of hydrogen-bond acceptors (Lipinski definition) is 4. The van der Waals surface area contributed by atoms with Crippen LogP contribution in [0.4, 0.5) is 5.69 Å². The van der Waals surface area contributed by atoms with Gasteiger partial charge in [-0.1, -0.05) is 24.6 Å². The van der Waals surface area contributed by atoms with E-state index in [-0.39, 0.29) is 11.7 Å². The lowest BCUT2D eigenvalue weighted by Crippen LogP contribution is -2.50. The number of nitrogens with one attached hydrogen (secondary N) is 1. The molecular formula is C16H23N3O4S. The Hall–Kier alpha value is -2.09. The molecule has 0 bridgehead atoms. The Labute approximate surface area is 142 Å². The van der Waals surface area contributed by atoms with Crippen LogP contribution in [0.2, 0.25) is 0 Å². The van der Waals surface area contributed by atoms with E-state index < -0.39 is 15.9 Å². The molecule has 0 aliphatic carbocycles. The average molecular weight is 353 g/mol. The van der Waals surface area contributed by atoms with Crippen molar-refractivity contribution in [1.29, 1.82) is 0 Å². The van der Waals surface area contributed by atoms with Gasteiger partial charge < -0.3 is 9.80 Å². The Morgan fingerprint density at radius 2 is 1.79 bits per heavy atom. The highest BCUT2D eigenvalue weighted by Crippen LogP contribution is 2.14. The van der Waals surface area contributed by atoms with Gasteiger partial charge in [0.2, 0.25) is 22.3 Å². The van der Waals surface area contributed by atoms with Crippen molar-refractivity contribution in [3.63, 3.8) is 0 Å². The molecule has 1 aliphatic rings. The number of nitrogens with zero attached hydrogens (tertiary/aromatic N) is 2. The first-order chi connectivity index (χ1) is 11.3. The zero-order valence-electron chi connectivity index (χ0n) is 13.9. The maximum atomic E-state index is 12.4. The van der Waals surface area contributed by atoms with Gasteiger partial charge in [-0.25, -0.2) is 8.42 Å². The molecular weight excluding hydrogens is 330 g/mol. The Kier molecular flexibility index (Phi) is 5.82. The molecule has 0 saturated carbocycles. The highest BCUT2D eigenvalue weighted by atomic mass is 32.2. The van der Waals surface area contributed by atoms with Crippen LogP contribution in [0.15, 0.2) is 24.3 Å². The maximum absolute atomic E-state index is 12.4. The van der Waals surface area contributed by atoms with E-state index in [2.05, 4.69) is 4.72 Å². The fraction of sp³-hybridized carbons (Fsp3) is 0.500. The van der Waals surface area contributed by atoms with Crippen LogP contribution >= 0.6 is 0 Å². The molecule has 2 amide bonds. The lowest BCUT2D eigenvalue weighted by molar-refractivity contribution is -0.137. The number of hydrogen-bond donors (Lipinski definition) is 1.